The van der Waals surface area contributed by atoms with Crippen LogP contribution in [0.3, 0.4) is 0 Å². The van der Waals surface area contributed by atoms with Gasteiger partial charge in [0.15, 0.2) is 0 Å². The molecule has 0 amide bonds. The van der Waals surface area contributed by atoms with Gasteiger partial charge in [0.25, 0.3) is 0 Å². The maximum Gasteiger partial charge on any atom is 0.0461 e. The first-order valence-corrected chi connectivity index (χ1v) is 16.1. The molecule has 1 aliphatic carbocycles. The molecule has 232 valence electrons. The summed E-state index contributed by atoms with van der Waals surface area (Å²) in [4.78, 5) is 2.24. The number of allylic oxidation sites excluding steroid dienone is 17. The number of anilines is 2. The quantitative estimate of drug-likeness (QED) is 0.187. The first-order chi connectivity index (χ1) is 21.5. The van der Waals surface area contributed by atoms with E-state index in [2.05, 4.69) is 153 Å². The Bertz CT molecular complexity index is 1300. The van der Waals surface area contributed by atoms with E-state index in [1.165, 1.54) is 16.7 Å². The molecule has 0 aromatic heterocycles. The molecule has 0 aliphatic heterocycles. The molecular formula is C43H55N. The Balaban J connectivity index is 0.00000232. The van der Waals surface area contributed by atoms with Crippen LogP contribution in [0.1, 0.15) is 65.0 Å². The summed E-state index contributed by atoms with van der Waals surface area (Å²) in [6, 6.07) is 17.2. The van der Waals surface area contributed by atoms with Crippen molar-refractivity contribution in [3.05, 3.63) is 181 Å². The average Bonchev–Trinajstić information content (AvgIpc) is 3.04. The number of rotatable bonds is 11. The molecule has 1 aliphatic rings. The fourth-order valence-corrected chi connectivity index (χ4v) is 4.51. The average molecular weight is 586 g/mol. The lowest BCUT2D eigenvalue weighted by atomic mass is 9.96. The minimum Gasteiger partial charge on any atom is -0.311 e. The van der Waals surface area contributed by atoms with E-state index in [0.717, 1.165) is 41.9 Å². The number of benzene rings is 2. The summed E-state index contributed by atoms with van der Waals surface area (Å²) < 4.78 is 0. The molecule has 0 heterocycles. The Hall–Kier alpha value is -4.36. The molecule has 1 nitrogen and oxygen atoms in total. The standard InChI is InChI=1S/C39H43N.2C2H6/c1-6-14-34(15-7-2)26-27-36-19-12-17-35(18-13-20-36)16-10-9-11-21-37(8-3)40(38-28-22-32(4)23-29-38)39-30-24-33(5)25-31-39;2*1-2/h6-12,14-17,20-31,35H,1,3,13,18-19H2,2,4-5H3;2*1-2H3/b11-9+,15-7-,16-10?,17-12-,27-26-,34-14+,36-20+,37-21+;;. The SMILES string of the molecule is C=C/C=C(\C=C/C)/C=C\C1=C\CCC(C=C/C=C/C=C(\C=C)N(c2ccc(C)cc2)c2ccc(C)cc2)/C=C\C1.CC.CC. The van der Waals surface area contributed by atoms with Crippen molar-refractivity contribution in [2.45, 2.75) is 67.7 Å². The van der Waals surface area contributed by atoms with Gasteiger partial charge in [0.2, 0.25) is 0 Å². The molecule has 2 aromatic carbocycles. The van der Waals surface area contributed by atoms with Gasteiger partial charge in [0.1, 0.15) is 0 Å². The van der Waals surface area contributed by atoms with Crippen LogP contribution in [0.5, 0.6) is 0 Å². The van der Waals surface area contributed by atoms with E-state index < -0.39 is 0 Å². The second kappa shape index (κ2) is 23.1. The maximum absolute atomic E-state index is 4.11. The van der Waals surface area contributed by atoms with Crippen molar-refractivity contribution in [3.8, 4) is 0 Å². The van der Waals surface area contributed by atoms with Crippen LogP contribution in [0.15, 0.2) is 170 Å². The lowest BCUT2D eigenvalue weighted by Crippen LogP contribution is -2.14. The summed E-state index contributed by atoms with van der Waals surface area (Å²) in [6.45, 7) is 22.2. The van der Waals surface area contributed by atoms with E-state index in [-0.39, 0.29) is 0 Å². The minimum atomic E-state index is 0.435. The normalized spacial score (nSPS) is 17.6. The molecule has 0 N–H and O–H groups in total. The molecule has 44 heavy (non-hydrogen) atoms. The zero-order chi connectivity index (χ0) is 32.6. The summed E-state index contributed by atoms with van der Waals surface area (Å²) in [5.74, 6) is 0.435. The maximum atomic E-state index is 4.11. The molecule has 0 radical (unpaired) electrons. The van der Waals surface area contributed by atoms with Crippen LogP contribution in [0, 0.1) is 19.8 Å². The van der Waals surface area contributed by atoms with Crippen molar-refractivity contribution >= 4 is 11.4 Å². The van der Waals surface area contributed by atoms with Crippen LogP contribution in [0.2, 0.25) is 0 Å². The molecule has 1 heteroatoms. The summed E-state index contributed by atoms with van der Waals surface area (Å²) in [5.41, 5.74) is 8.25. The predicted octanol–water partition coefficient (Wildman–Crippen LogP) is 13.2. The van der Waals surface area contributed by atoms with E-state index in [1.54, 1.807) is 0 Å². The summed E-state index contributed by atoms with van der Waals surface area (Å²) in [7, 11) is 0. The third-order valence-electron chi connectivity index (χ3n) is 6.70. The lowest BCUT2D eigenvalue weighted by Gasteiger charge is -2.26. The molecule has 3 rings (SSSR count). The summed E-state index contributed by atoms with van der Waals surface area (Å²) >= 11 is 0. The van der Waals surface area contributed by atoms with E-state index in [4.69, 9.17) is 0 Å². The van der Waals surface area contributed by atoms with Gasteiger partial charge in [0.05, 0.1) is 0 Å². The third-order valence-corrected chi connectivity index (χ3v) is 6.70. The zero-order valence-electron chi connectivity index (χ0n) is 28.3. The van der Waals surface area contributed by atoms with Gasteiger partial charge >= 0.3 is 0 Å². The molecule has 0 bridgehead atoms. The second-order valence-electron chi connectivity index (χ2n) is 9.96. The predicted molar refractivity (Wildman–Crippen MR) is 201 cm³/mol. The minimum absolute atomic E-state index is 0.435. The Morgan fingerprint density at radius 1 is 0.795 bits per heavy atom. The summed E-state index contributed by atoms with van der Waals surface area (Å²) in [6.07, 6.45) is 35.2. The van der Waals surface area contributed by atoms with Gasteiger partial charge in [-0.1, -0.05) is 155 Å². The molecule has 2 aromatic rings. The summed E-state index contributed by atoms with van der Waals surface area (Å²) in [5, 5.41) is 0. The first kappa shape index (κ1) is 37.7. The highest BCUT2D eigenvalue weighted by atomic mass is 15.1. The Labute approximate surface area is 270 Å². The van der Waals surface area contributed by atoms with Gasteiger partial charge in [-0.25, -0.2) is 0 Å². The van der Waals surface area contributed by atoms with E-state index in [0.29, 0.717) is 5.92 Å². The van der Waals surface area contributed by atoms with Crippen LogP contribution >= 0.6 is 0 Å². The van der Waals surface area contributed by atoms with Gasteiger partial charge in [-0.2, -0.15) is 0 Å². The number of hydrogen-bond acceptors (Lipinski definition) is 1. The fourth-order valence-electron chi connectivity index (χ4n) is 4.51. The number of hydrogen-bond donors (Lipinski definition) is 0. The van der Waals surface area contributed by atoms with E-state index in [9.17, 15) is 0 Å². The Morgan fingerprint density at radius 2 is 1.41 bits per heavy atom. The zero-order valence-corrected chi connectivity index (χ0v) is 28.3. The van der Waals surface area contributed by atoms with Crippen LogP contribution < -0.4 is 4.90 Å². The van der Waals surface area contributed by atoms with Crippen LogP contribution in [-0.2, 0) is 0 Å². The topological polar surface area (TPSA) is 3.24 Å². The van der Waals surface area contributed by atoms with Gasteiger partial charge in [-0.05, 0) is 93.5 Å². The molecule has 0 fully saturated rings. The van der Waals surface area contributed by atoms with Crippen LogP contribution in [0.4, 0.5) is 11.4 Å². The smallest absolute Gasteiger partial charge is 0.0461 e. The van der Waals surface area contributed by atoms with Crippen molar-refractivity contribution in [1.29, 1.82) is 0 Å². The number of nitrogens with zero attached hydrogens (tertiary/aromatic N) is 1. The van der Waals surface area contributed by atoms with Crippen LogP contribution in [-0.4, -0.2) is 0 Å². The van der Waals surface area contributed by atoms with Gasteiger partial charge < -0.3 is 4.90 Å². The van der Waals surface area contributed by atoms with Crippen LogP contribution in [0.25, 0.3) is 0 Å². The van der Waals surface area contributed by atoms with Gasteiger partial charge in [-0.15, -0.1) is 0 Å². The van der Waals surface area contributed by atoms with Crippen molar-refractivity contribution in [2.24, 2.45) is 5.92 Å². The molecule has 0 saturated carbocycles. The largest absolute Gasteiger partial charge is 0.311 e. The highest BCUT2D eigenvalue weighted by Crippen LogP contribution is 2.31. The van der Waals surface area contributed by atoms with Crippen molar-refractivity contribution in [1.82, 2.24) is 0 Å². The highest BCUT2D eigenvalue weighted by molar-refractivity contribution is 5.70. The van der Waals surface area contributed by atoms with Crippen molar-refractivity contribution < 1.29 is 0 Å². The van der Waals surface area contributed by atoms with E-state index in [1.807, 2.05) is 52.8 Å². The monoisotopic (exact) mass is 585 g/mol. The number of aryl methyl sites for hydroxylation is 2. The van der Waals surface area contributed by atoms with Gasteiger partial charge in [-0.3, -0.25) is 0 Å². The first-order valence-electron chi connectivity index (χ1n) is 16.1. The molecule has 1 atom stereocenters. The van der Waals surface area contributed by atoms with E-state index >= 15 is 0 Å². The molecule has 0 saturated heterocycles. The van der Waals surface area contributed by atoms with Crippen molar-refractivity contribution in [2.75, 3.05) is 4.90 Å². The fraction of sp³-hybridized carbons (Fsp3) is 0.256. The highest BCUT2D eigenvalue weighted by Gasteiger charge is 2.12. The Kier molecular flexibility index (Phi) is 19.8. The van der Waals surface area contributed by atoms with Gasteiger partial charge in [0, 0.05) is 17.1 Å². The molecular weight excluding hydrogens is 530 g/mol. The third kappa shape index (κ3) is 13.7. The molecule has 1 unspecified atom stereocenters. The van der Waals surface area contributed by atoms with Crippen molar-refractivity contribution in [3.63, 3.8) is 0 Å². The Morgan fingerprint density at radius 3 is 1.95 bits per heavy atom. The molecule has 0 spiro atoms. The lowest BCUT2D eigenvalue weighted by molar-refractivity contribution is 0.712. The second-order valence-corrected chi connectivity index (χ2v) is 9.96.